The summed E-state index contributed by atoms with van der Waals surface area (Å²) in [5, 5.41) is 17.1. The van der Waals surface area contributed by atoms with E-state index >= 15 is 0 Å². The molecule has 1 saturated heterocycles. The average molecular weight is 314 g/mol. The minimum Gasteiger partial charge on any atom is -0.481 e. The van der Waals surface area contributed by atoms with E-state index in [-0.39, 0.29) is 18.1 Å². The van der Waals surface area contributed by atoms with E-state index in [1.165, 1.54) is 4.90 Å². The summed E-state index contributed by atoms with van der Waals surface area (Å²) in [6, 6.07) is 7.77. The summed E-state index contributed by atoms with van der Waals surface area (Å²) >= 11 is 0. The number of carboxylic acids is 1. The smallest absolute Gasteiger partial charge is 0.308 e. The van der Waals surface area contributed by atoms with E-state index in [2.05, 4.69) is 10.3 Å². The minimum atomic E-state index is -0.861. The Morgan fingerprint density at radius 1 is 1.30 bits per heavy atom. The summed E-state index contributed by atoms with van der Waals surface area (Å²) in [4.78, 5) is 25.1. The highest BCUT2D eigenvalue weighted by atomic mass is 16.4. The second kappa shape index (κ2) is 5.83. The van der Waals surface area contributed by atoms with Gasteiger partial charge in [0.05, 0.1) is 17.3 Å². The van der Waals surface area contributed by atoms with Crippen molar-refractivity contribution in [1.29, 1.82) is 0 Å². The Kier molecular flexibility index (Phi) is 3.85. The maximum absolute atomic E-state index is 12.6. The number of benzene rings is 1. The molecule has 1 atom stereocenters. The Hall–Kier alpha value is -2.70. The fourth-order valence-corrected chi connectivity index (χ4v) is 2.83. The number of nitrogens with zero attached hydrogens (tertiary/aromatic N) is 4. The summed E-state index contributed by atoms with van der Waals surface area (Å²) < 4.78 is 1.63. The molecule has 0 bridgehead atoms. The summed E-state index contributed by atoms with van der Waals surface area (Å²) in [7, 11) is 0. The largest absolute Gasteiger partial charge is 0.481 e. The lowest BCUT2D eigenvalue weighted by Crippen LogP contribution is -2.30. The molecule has 0 spiro atoms. The molecule has 2 aromatic rings. The topological polar surface area (TPSA) is 88.3 Å². The van der Waals surface area contributed by atoms with Gasteiger partial charge in [-0.3, -0.25) is 9.59 Å². The first-order valence-corrected chi connectivity index (χ1v) is 7.49. The number of aryl methyl sites for hydroxylation is 1. The standard InChI is InChI=1S/C16H18N4O3/c1-10-4-3-5-13(8-10)20-11(2)14(17-18-20)15(21)19-7-6-12(9-19)16(22)23/h3-5,8,12H,6-7,9H2,1-2H3,(H,22,23). The van der Waals surface area contributed by atoms with Crippen LogP contribution in [0, 0.1) is 19.8 Å². The number of hydrogen-bond donors (Lipinski definition) is 1. The van der Waals surface area contributed by atoms with E-state index in [4.69, 9.17) is 5.11 Å². The second-order valence-corrected chi connectivity index (χ2v) is 5.85. The molecule has 1 aromatic heterocycles. The molecular weight excluding hydrogens is 296 g/mol. The number of carbonyl (C=O) groups is 2. The average Bonchev–Trinajstić information content (AvgIpc) is 3.13. The van der Waals surface area contributed by atoms with Crippen molar-refractivity contribution in [3.63, 3.8) is 0 Å². The Morgan fingerprint density at radius 2 is 2.09 bits per heavy atom. The normalized spacial score (nSPS) is 17.5. The zero-order valence-electron chi connectivity index (χ0n) is 13.1. The van der Waals surface area contributed by atoms with Gasteiger partial charge >= 0.3 is 5.97 Å². The Labute approximate surface area is 133 Å². The van der Waals surface area contributed by atoms with Crippen LogP contribution in [0.1, 0.15) is 28.2 Å². The second-order valence-electron chi connectivity index (χ2n) is 5.85. The lowest BCUT2D eigenvalue weighted by Gasteiger charge is -2.14. The molecule has 0 saturated carbocycles. The third-order valence-electron chi connectivity index (χ3n) is 4.17. The molecule has 2 heterocycles. The predicted molar refractivity (Wildman–Crippen MR) is 82.5 cm³/mol. The van der Waals surface area contributed by atoms with Crippen LogP contribution in [0.2, 0.25) is 0 Å². The zero-order valence-corrected chi connectivity index (χ0v) is 13.1. The van der Waals surface area contributed by atoms with Gasteiger partial charge in [-0.15, -0.1) is 5.10 Å². The summed E-state index contributed by atoms with van der Waals surface area (Å²) in [6.07, 6.45) is 0.478. The van der Waals surface area contributed by atoms with Crippen LogP contribution in [-0.2, 0) is 4.79 Å². The van der Waals surface area contributed by atoms with Crippen LogP contribution in [0.25, 0.3) is 5.69 Å². The van der Waals surface area contributed by atoms with Crippen LogP contribution >= 0.6 is 0 Å². The molecule has 3 rings (SSSR count). The van der Waals surface area contributed by atoms with Gasteiger partial charge in [-0.25, -0.2) is 4.68 Å². The van der Waals surface area contributed by atoms with Crippen molar-refractivity contribution < 1.29 is 14.7 Å². The zero-order chi connectivity index (χ0) is 16.6. The molecular formula is C16H18N4O3. The molecule has 23 heavy (non-hydrogen) atoms. The quantitative estimate of drug-likeness (QED) is 0.926. The molecule has 1 unspecified atom stereocenters. The van der Waals surface area contributed by atoms with Crippen molar-refractivity contribution in [2.24, 2.45) is 5.92 Å². The van der Waals surface area contributed by atoms with Gasteiger partial charge in [0.1, 0.15) is 0 Å². The molecule has 1 aromatic carbocycles. The van der Waals surface area contributed by atoms with E-state index < -0.39 is 11.9 Å². The van der Waals surface area contributed by atoms with E-state index in [0.717, 1.165) is 11.3 Å². The summed E-state index contributed by atoms with van der Waals surface area (Å²) in [5.41, 5.74) is 2.87. The number of likely N-dealkylation sites (tertiary alicyclic amines) is 1. The van der Waals surface area contributed by atoms with E-state index in [9.17, 15) is 9.59 Å². The van der Waals surface area contributed by atoms with Gasteiger partial charge in [-0.1, -0.05) is 17.3 Å². The van der Waals surface area contributed by atoms with Gasteiger partial charge in [-0.05, 0) is 38.0 Å². The highest BCUT2D eigenvalue weighted by Gasteiger charge is 2.33. The van der Waals surface area contributed by atoms with Gasteiger partial charge < -0.3 is 10.0 Å². The SMILES string of the molecule is Cc1cccc(-n2nnc(C(=O)N3CCC(C(=O)O)C3)c2C)c1. The molecule has 0 radical (unpaired) electrons. The molecule has 1 aliphatic rings. The van der Waals surface area contributed by atoms with Crippen molar-refractivity contribution in [1.82, 2.24) is 19.9 Å². The first-order valence-electron chi connectivity index (χ1n) is 7.49. The monoisotopic (exact) mass is 314 g/mol. The number of hydrogen-bond acceptors (Lipinski definition) is 4. The maximum Gasteiger partial charge on any atom is 0.308 e. The van der Waals surface area contributed by atoms with Crippen LogP contribution < -0.4 is 0 Å². The van der Waals surface area contributed by atoms with E-state index in [1.54, 1.807) is 11.6 Å². The van der Waals surface area contributed by atoms with Crippen molar-refractivity contribution in [2.45, 2.75) is 20.3 Å². The number of carbonyl (C=O) groups excluding carboxylic acids is 1. The van der Waals surface area contributed by atoms with Gasteiger partial charge in [0.15, 0.2) is 5.69 Å². The molecule has 7 nitrogen and oxygen atoms in total. The predicted octanol–water partition coefficient (Wildman–Crippen LogP) is 1.43. The number of amides is 1. The molecule has 1 N–H and O–H groups in total. The first-order chi connectivity index (χ1) is 11.0. The van der Waals surface area contributed by atoms with E-state index in [0.29, 0.717) is 18.7 Å². The minimum absolute atomic E-state index is 0.227. The van der Waals surface area contributed by atoms with Crippen molar-refractivity contribution in [2.75, 3.05) is 13.1 Å². The Morgan fingerprint density at radius 3 is 2.74 bits per heavy atom. The lowest BCUT2D eigenvalue weighted by molar-refractivity contribution is -0.141. The van der Waals surface area contributed by atoms with Crippen LogP contribution in [-0.4, -0.2) is 50.0 Å². The molecule has 0 aliphatic carbocycles. The lowest BCUT2D eigenvalue weighted by atomic mass is 10.1. The van der Waals surface area contributed by atoms with Gasteiger partial charge in [-0.2, -0.15) is 0 Å². The van der Waals surface area contributed by atoms with Crippen molar-refractivity contribution >= 4 is 11.9 Å². The van der Waals surface area contributed by atoms with Crippen LogP contribution in [0.3, 0.4) is 0 Å². The Balaban J connectivity index is 1.85. The van der Waals surface area contributed by atoms with Crippen LogP contribution in [0.15, 0.2) is 24.3 Å². The van der Waals surface area contributed by atoms with E-state index in [1.807, 2.05) is 31.2 Å². The molecule has 120 valence electrons. The van der Waals surface area contributed by atoms with Gasteiger partial charge in [0, 0.05) is 13.1 Å². The highest BCUT2D eigenvalue weighted by Crippen LogP contribution is 2.20. The first kappa shape index (κ1) is 15.2. The molecule has 1 aliphatic heterocycles. The third kappa shape index (κ3) is 2.81. The fraction of sp³-hybridized carbons (Fsp3) is 0.375. The van der Waals surface area contributed by atoms with Crippen molar-refractivity contribution in [3.05, 3.63) is 41.2 Å². The number of carboxylic acid groups (broad SMARTS) is 1. The van der Waals surface area contributed by atoms with Gasteiger partial charge in [0.2, 0.25) is 0 Å². The maximum atomic E-state index is 12.6. The molecule has 1 fully saturated rings. The summed E-state index contributed by atoms with van der Waals surface area (Å²) in [6.45, 7) is 4.44. The summed E-state index contributed by atoms with van der Waals surface area (Å²) in [5.74, 6) is -1.61. The van der Waals surface area contributed by atoms with Gasteiger partial charge in [0.25, 0.3) is 5.91 Å². The Bertz CT molecular complexity index is 768. The van der Waals surface area contributed by atoms with Crippen molar-refractivity contribution in [3.8, 4) is 5.69 Å². The van der Waals surface area contributed by atoms with Crippen LogP contribution in [0.4, 0.5) is 0 Å². The number of rotatable bonds is 3. The third-order valence-corrected chi connectivity index (χ3v) is 4.17. The molecule has 1 amide bonds. The fourth-order valence-electron chi connectivity index (χ4n) is 2.83. The van der Waals surface area contributed by atoms with Crippen LogP contribution in [0.5, 0.6) is 0 Å². The number of aliphatic carboxylic acids is 1. The highest BCUT2D eigenvalue weighted by molar-refractivity contribution is 5.94. The molecule has 7 heteroatoms. The number of aromatic nitrogens is 3.